The fourth-order valence-electron chi connectivity index (χ4n) is 3.02. The lowest BCUT2D eigenvalue weighted by Crippen LogP contribution is -2.30. The number of rotatable bonds is 7. The first-order valence-corrected chi connectivity index (χ1v) is 8.79. The number of hydrogen-bond acceptors (Lipinski definition) is 4. The quantitative estimate of drug-likeness (QED) is 0.498. The first-order valence-electron chi connectivity index (χ1n) is 8.79. The molecule has 1 amide bonds. The Balaban J connectivity index is 1.85. The van der Waals surface area contributed by atoms with Gasteiger partial charge in [0.2, 0.25) is 5.91 Å². The summed E-state index contributed by atoms with van der Waals surface area (Å²) in [6.45, 7) is 0. The SMILES string of the molecule is COc1ccc([C@H](NC(=O)Cc2ccccc2[N+](=O)[O-])c2ccccc2)cc1. The zero-order chi connectivity index (χ0) is 19.9. The normalized spacial score (nSPS) is 11.5. The third-order valence-corrected chi connectivity index (χ3v) is 4.43. The van der Waals surface area contributed by atoms with Crippen LogP contribution in [-0.2, 0) is 11.2 Å². The predicted molar refractivity (Wildman–Crippen MR) is 106 cm³/mol. The first-order chi connectivity index (χ1) is 13.6. The van der Waals surface area contributed by atoms with Gasteiger partial charge >= 0.3 is 0 Å². The molecule has 0 bridgehead atoms. The minimum atomic E-state index is -0.471. The second-order valence-electron chi connectivity index (χ2n) is 6.25. The number of hydrogen-bond donors (Lipinski definition) is 1. The molecule has 1 atom stereocenters. The number of carbonyl (C=O) groups is 1. The van der Waals surface area contributed by atoms with Crippen molar-refractivity contribution in [1.29, 1.82) is 0 Å². The van der Waals surface area contributed by atoms with Crippen molar-refractivity contribution in [2.75, 3.05) is 7.11 Å². The van der Waals surface area contributed by atoms with Gasteiger partial charge in [-0.1, -0.05) is 60.7 Å². The van der Waals surface area contributed by atoms with E-state index in [0.29, 0.717) is 5.56 Å². The van der Waals surface area contributed by atoms with Crippen LogP contribution in [0.1, 0.15) is 22.7 Å². The minimum absolute atomic E-state index is 0.0571. The third kappa shape index (κ3) is 4.54. The zero-order valence-corrected chi connectivity index (χ0v) is 15.4. The molecule has 142 valence electrons. The Morgan fingerprint density at radius 3 is 2.21 bits per heavy atom. The van der Waals surface area contributed by atoms with Gasteiger partial charge in [0, 0.05) is 11.6 Å². The summed E-state index contributed by atoms with van der Waals surface area (Å²) in [6, 6.07) is 22.9. The fourth-order valence-corrected chi connectivity index (χ4v) is 3.02. The number of benzene rings is 3. The number of amides is 1. The number of ether oxygens (including phenoxy) is 1. The van der Waals surface area contributed by atoms with E-state index < -0.39 is 4.92 Å². The molecule has 0 aliphatic carbocycles. The van der Waals surface area contributed by atoms with E-state index >= 15 is 0 Å². The lowest BCUT2D eigenvalue weighted by Gasteiger charge is -2.20. The summed E-state index contributed by atoms with van der Waals surface area (Å²) in [7, 11) is 1.60. The third-order valence-electron chi connectivity index (χ3n) is 4.43. The lowest BCUT2D eigenvalue weighted by atomic mass is 9.98. The number of nitrogens with zero attached hydrogens (tertiary/aromatic N) is 1. The van der Waals surface area contributed by atoms with Crippen molar-refractivity contribution in [3.05, 3.63) is 106 Å². The molecular weight excluding hydrogens is 356 g/mol. The molecule has 0 heterocycles. The molecule has 0 spiro atoms. The summed E-state index contributed by atoms with van der Waals surface area (Å²) in [4.78, 5) is 23.4. The average Bonchev–Trinajstić information content (AvgIpc) is 2.73. The Morgan fingerprint density at radius 2 is 1.57 bits per heavy atom. The average molecular weight is 376 g/mol. The van der Waals surface area contributed by atoms with E-state index in [2.05, 4.69) is 5.32 Å². The predicted octanol–water partition coefficient (Wildman–Crippen LogP) is 4.05. The zero-order valence-electron chi connectivity index (χ0n) is 15.4. The van der Waals surface area contributed by atoms with Gasteiger partial charge in [0.1, 0.15) is 5.75 Å². The largest absolute Gasteiger partial charge is 0.497 e. The summed E-state index contributed by atoms with van der Waals surface area (Å²) in [6.07, 6.45) is -0.0728. The standard InChI is InChI=1S/C22H20N2O4/c1-28-19-13-11-17(12-14-19)22(16-7-3-2-4-8-16)23-21(25)15-18-9-5-6-10-20(18)24(26)27/h2-14,22H,15H2,1H3,(H,23,25)/t22-/m1/s1. The van der Waals surface area contributed by atoms with Gasteiger partial charge in [-0.05, 0) is 23.3 Å². The monoisotopic (exact) mass is 376 g/mol. The van der Waals surface area contributed by atoms with E-state index in [-0.39, 0.29) is 24.1 Å². The maximum absolute atomic E-state index is 12.7. The lowest BCUT2D eigenvalue weighted by molar-refractivity contribution is -0.385. The highest BCUT2D eigenvalue weighted by molar-refractivity contribution is 5.80. The van der Waals surface area contributed by atoms with Crippen LogP contribution in [0.5, 0.6) is 5.75 Å². The molecule has 0 saturated carbocycles. The molecule has 3 rings (SSSR count). The van der Waals surface area contributed by atoms with Crippen LogP contribution in [-0.4, -0.2) is 17.9 Å². The molecular formula is C22H20N2O4. The smallest absolute Gasteiger partial charge is 0.273 e. The molecule has 0 aromatic heterocycles. The van der Waals surface area contributed by atoms with Crippen molar-refractivity contribution in [2.24, 2.45) is 0 Å². The minimum Gasteiger partial charge on any atom is -0.497 e. The molecule has 1 N–H and O–H groups in total. The van der Waals surface area contributed by atoms with Crippen LogP contribution in [0.15, 0.2) is 78.9 Å². The van der Waals surface area contributed by atoms with Gasteiger partial charge in [0.05, 0.1) is 24.5 Å². The van der Waals surface area contributed by atoms with E-state index in [4.69, 9.17) is 4.74 Å². The highest BCUT2D eigenvalue weighted by atomic mass is 16.6. The van der Waals surface area contributed by atoms with Crippen LogP contribution < -0.4 is 10.1 Å². The number of nitro groups is 1. The molecule has 0 aliphatic heterocycles. The molecule has 6 nitrogen and oxygen atoms in total. The Morgan fingerprint density at radius 1 is 0.964 bits per heavy atom. The van der Waals surface area contributed by atoms with E-state index in [1.807, 2.05) is 54.6 Å². The van der Waals surface area contributed by atoms with Gasteiger partial charge in [-0.2, -0.15) is 0 Å². The van der Waals surface area contributed by atoms with E-state index in [1.165, 1.54) is 6.07 Å². The van der Waals surface area contributed by atoms with Crippen molar-refractivity contribution >= 4 is 11.6 Å². The second-order valence-corrected chi connectivity index (χ2v) is 6.25. The molecule has 0 radical (unpaired) electrons. The number of carbonyl (C=O) groups excluding carboxylic acids is 1. The molecule has 0 fully saturated rings. The maximum Gasteiger partial charge on any atom is 0.273 e. The van der Waals surface area contributed by atoms with Crippen molar-refractivity contribution < 1.29 is 14.5 Å². The highest BCUT2D eigenvalue weighted by Crippen LogP contribution is 2.25. The van der Waals surface area contributed by atoms with Crippen LogP contribution in [0.2, 0.25) is 0 Å². The van der Waals surface area contributed by atoms with E-state index in [0.717, 1.165) is 16.9 Å². The summed E-state index contributed by atoms with van der Waals surface area (Å²) in [5, 5.41) is 14.2. The van der Waals surface area contributed by atoms with Crippen molar-refractivity contribution in [1.82, 2.24) is 5.32 Å². The Labute approximate surface area is 162 Å². The molecule has 3 aromatic carbocycles. The van der Waals surface area contributed by atoms with Gasteiger partial charge in [0.25, 0.3) is 5.69 Å². The summed E-state index contributed by atoms with van der Waals surface area (Å²) in [5.74, 6) is 0.431. The van der Waals surface area contributed by atoms with Gasteiger partial charge in [-0.3, -0.25) is 14.9 Å². The summed E-state index contributed by atoms with van der Waals surface area (Å²) in [5.41, 5.74) is 2.14. The topological polar surface area (TPSA) is 81.5 Å². The maximum atomic E-state index is 12.7. The number of nitro benzene ring substituents is 1. The van der Waals surface area contributed by atoms with Crippen LogP contribution in [0.3, 0.4) is 0 Å². The second kappa shape index (κ2) is 8.81. The number of para-hydroxylation sites is 1. The molecule has 0 unspecified atom stereocenters. The molecule has 0 aliphatic rings. The van der Waals surface area contributed by atoms with Crippen molar-refractivity contribution in [3.63, 3.8) is 0 Å². The first kappa shape index (κ1) is 19.1. The number of methoxy groups -OCH3 is 1. The molecule has 3 aromatic rings. The van der Waals surface area contributed by atoms with E-state index in [9.17, 15) is 14.9 Å². The van der Waals surface area contributed by atoms with Crippen molar-refractivity contribution in [3.8, 4) is 5.75 Å². The Hall–Kier alpha value is -3.67. The van der Waals surface area contributed by atoms with E-state index in [1.54, 1.807) is 25.3 Å². The fraction of sp³-hybridized carbons (Fsp3) is 0.136. The highest BCUT2D eigenvalue weighted by Gasteiger charge is 2.20. The van der Waals surface area contributed by atoms with Gasteiger partial charge in [-0.25, -0.2) is 0 Å². The van der Waals surface area contributed by atoms with Gasteiger partial charge in [-0.15, -0.1) is 0 Å². The van der Waals surface area contributed by atoms with Gasteiger partial charge < -0.3 is 10.1 Å². The molecule has 6 heteroatoms. The van der Waals surface area contributed by atoms with Crippen LogP contribution in [0.4, 0.5) is 5.69 Å². The Kier molecular flexibility index (Phi) is 6.01. The molecule has 0 saturated heterocycles. The van der Waals surface area contributed by atoms with Crippen LogP contribution in [0.25, 0.3) is 0 Å². The Bertz CT molecular complexity index is 956. The van der Waals surface area contributed by atoms with Gasteiger partial charge in [0.15, 0.2) is 0 Å². The van der Waals surface area contributed by atoms with Crippen LogP contribution >= 0.6 is 0 Å². The van der Waals surface area contributed by atoms with Crippen molar-refractivity contribution in [2.45, 2.75) is 12.5 Å². The molecule has 28 heavy (non-hydrogen) atoms. The number of nitrogens with one attached hydrogen (secondary N) is 1. The van der Waals surface area contributed by atoms with Crippen LogP contribution in [0, 0.1) is 10.1 Å². The summed E-state index contributed by atoms with van der Waals surface area (Å²) >= 11 is 0. The summed E-state index contributed by atoms with van der Waals surface area (Å²) < 4.78 is 5.20.